The fourth-order valence-corrected chi connectivity index (χ4v) is 2.73. The van der Waals surface area contributed by atoms with Gasteiger partial charge in [0.05, 0.1) is 17.9 Å². The van der Waals surface area contributed by atoms with Gasteiger partial charge in [0.15, 0.2) is 0 Å². The number of fused-ring (bicyclic) bond motifs is 1. The van der Waals surface area contributed by atoms with Gasteiger partial charge in [-0.1, -0.05) is 0 Å². The molecule has 0 aliphatic carbocycles. The van der Waals surface area contributed by atoms with Crippen LogP contribution in [0.15, 0.2) is 61.3 Å². The molecule has 4 aromatic rings. The highest BCUT2D eigenvalue weighted by molar-refractivity contribution is 6.03. The van der Waals surface area contributed by atoms with Crippen LogP contribution in [0.1, 0.15) is 5.56 Å². The van der Waals surface area contributed by atoms with E-state index in [1.807, 2.05) is 37.5 Å². The standard InChI is InChI=1S/C19H16N6O/c1-25-12-15(11-22-25)17-6-7-20-9-13(17)3-5-19(26)23-16-4-2-14-10-21-24-18(14)8-16/h2-12H,1H3,(H,21,24)(H,23,26)/b5-3+. The van der Waals surface area contributed by atoms with E-state index >= 15 is 0 Å². The molecule has 1 aromatic carbocycles. The highest BCUT2D eigenvalue weighted by Gasteiger charge is 2.06. The minimum Gasteiger partial charge on any atom is -0.322 e. The van der Waals surface area contributed by atoms with Gasteiger partial charge in [0.2, 0.25) is 5.91 Å². The summed E-state index contributed by atoms with van der Waals surface area (Å²) in [5.74, 6) is -0.218. The molecule has 0 spiro atoms. The molecular weight excluding hydrogens is 328 g/mol. The average molecular weight is 344 g/mol. The molecule has 2 N–H and O–H groups in total. The number of pyridine rings is 1. The summed E-state index contributed by atoms with van der Waals surface area (Å²) in [6, 6.07) is 7.49. The highest BCUT2D eigenvalue weighted by Crippen LogP contribution is 2.23. The van der Waals surface area contributed by atoms with Crippen LogP contribution in [0.3, 0.4) is 0 Å². The zero-order chi connectivity index (χ0) is 17.9. The Morgan fingerprint density at radius 3 is 3.00 bits per heavy atom. The molecule has 0 saturated carbocycles. The number of aromatic nitrogens is 5. The van der Waals surface area contributed by atoms with E-state index in [9.17, 15) is 4.79 Å². The van der Waals surface area contributed by atoms with Crippen molar-refractivity contribution in [3.05, 3.63) is 66.9 Å². The number of amides is 1. The fourth-order valence-electron chi connectivity index (χ4n) is 2.73. The third-order valence-corrected chi connectivity index (χ3v) is 3.99. The first-order valence-corrected chi connectivity index (χ1v) is 8.04. The predicted octanol–water partition coefficient (Wildman–Crippen LogP) is 3.01. The number of anilines is 1. The summed E-state index contributed by atoms with van der Waals surface area (Å²) in [7, 11) is 1.87. The number of hydrogen-bond donors (Lipinski definition) is 2. The van der Waals surface area contributed by atoms with Crippen LogP contribution in [0.25, 0.3) is 28.1 Å². The number of rotatable bonds is 4. The monoisotopic (exact) mass is 344 g/mol. The number of hydrogen-bond acceptors (Lipinski definition) is 4. The molecule has 0 unspecified atom stereocenters. The van der Waals surface area contributed by atoms with Gasteiger partial charge in [0.25, 0.3) is 0 Å². The van der Waals surface area contributed by atoms with Gasteiger partial charge in [0, 0.05) is 53.9 Å². The van der Waals surface area contributed by atoms with Crippen LogP contribution in [0.5, 0.6) is 0 Å². The molecule has 7 heteroatoms. The summed E-state index contributed by atoms with van der Waals surface area (Å²) in [6.45, 7) is 0. The van der Waals surface area contributed by atoms with Crippen LogP contribution in [0.4, 0.5) is 5.69 Å². The number of nitrogens with zero attached hydrogens (tertiary/aromatic N) is 4. The largest absolute Gasteiger partial charge is 0.322 e. The van der Waals surface area contributed by atoms with Crippen molar-refractivity contribution in [1.82, 2.24) is 25.0 Å². The lowest BCUT2D eigenvalue weighted by Gasteiger charge is -2.04. The molecule has 0 saturated heterocycles. The second kappa shape index (κ2) is 6.64. The minimum atomic E-state index is -0.218. The van der Waals surface area contributed by atoms with Crippen molar-refractivity contribution in [3.63, 3.8) is 0 Å². The van der Waals surface area contributed by atoms with Crippen LogP contribution in [0, 0.1) is 0 Å². The number of benzene rings is 1. The molecule has 0 radical (unpaired) electrons. The Labute approximate surface area is 149 Å². The lowest BCUT2D eigenvalue weighted by Crippen LogP contribution is -2.07. The second-order valence-corrected chi connectivity index (χ2v) is 5.86. The van der Waals surface area contributed by atoms with Crippen molar-refractivity contribution in [1.29, 1.82) is 0 Å². The number of aryl methyl sites for hydroxylation is 1. The lowest BCUT2D eigenvalue weighted by molar-refractivity contribution is -0.111. The Bertz CT molecular complexity index is 1110. The summed E-state index contributed by atoms with van der Waals surface area (Å²) in [5, 5.41) is 14.9. The Morgan fingerprint density at radius 2 is 2.15 bits per heavy atom. The van der Waals surface area contributed by atoms with Crippen molar-refractivity contribution in [3.8, 4) is 11.1 Å². The first-order valence-electron chi connectivity index (χ1n) is 8.04. The zero-order valence-corrected chi connectivity index (χ0v) is 14.0. The Hall–Kier alpha value is -3.74. The number of H-pyrrole nitrogens is 1. The maximum absolute atomic E-state index is 12.3. The molecule has 0 aliphatic heterocycles. The molecule has 128 valence electrons. The summed E-state index contributed by atoms with van der Waals surface area (Å²) in [4.78, 5) is 16.4. The van der Waals surface area contributed by atoms with E-state index in [-0.39, 0.29) is 5.91 Å². The Balaban J connectivity index is 1.53. The zero-order valence-electron chi connectivity index (χ0n) is 14.0. The molecule has 3 aromatic heterocycles. The van der Waals surface area contributed by atoms with Gasteiger partial charge in [-0.3, -0.25) is 19.6 Å². The maximum atomic E-state index is 12.3. The summed E-state index contributed by atoms with van der Waals surface area (Å²) in [5.41, 5.74) is 4.36. The van der Waals surface area contributed by atoms with E-state index in [0.29, 0.717) is 5.69 Å². The third-order valence-electron chi connectivity index (χ3n) is 3.99. The predicted molar refractivity (Wildman–Crippen MR) is 100 cm³/mol. The third kappa shape index (κ3) is 3.23. The molecule has 7 nitrogen and oxygen atoms in total. The lowest BCUT2D eigenvalue weighted by atomic mass is 10.0. The number of carbonyl (C=O) groups excluding carboxylic acids is 1. The van der Waals surface area contributed by atoms with E-state index in [0.717, 1.165) is 27.6 Å². The number of nitrogens with one attached hydrogen (secondary N) is 2. The second-order valence-electron chi connectivity index (χ2n) is 5.86. The van der Waals surface area contributed by atoms with Crippen molar-refractivity contribution in [2.24, 2.45) is 7.05 Å². The minimum absolute atomic E-state index is 0.218. The quantitative estimate of drug-likeness (QED) is 0.557. The first kappa shape index (κ1) is 15.8. The maximum Gasteiger partial charge on any atom is 0.248 e. The van der Waals surface area contributed by atoms with Gasteiger partial charge in [-0.05, 0) is 35.9 Å². The van der Waals surface area contributed by atoms with E-state index < -0.39 is 0 Å². The fraction of sp³-hybridized carbons (Fsp3) is 0.0526. The average Bonchev–Trinajstić information content (AvgIpc) is 3.28. The van der Waals surface area contributed by atoms with Crippen LogP contribution in [-0.4, -0.2) is 30.9 Å². The van der Waals surface area contributed by atoms with E-state index in [1.54, 1.807) is 35.5 Å². The molecule has 0 bridgehead atoms. The number of carbonyl (C=O) groups is 1. The Kier molecular flexibility index (Phi) is 4.03. The highest BCUT2D eigenvalue weighted by atomic mass is 16.1. The first-order chi connectivity index (χ1) is 12.7. The van der Waals surface area contributed by atoms with Gasteiger partial charge in [-0.2, -0.15) is 10.2 Å². The van der Waals surface area contributed by atoms with Crippen molar-refractivity contribution in [2.45, 2.75) is 0 Å². The van der Waals surface area contributed by atoms with Crippen molar-refractivity contribution >= 4 is 28.6 Å². The smallest absolute Gasteiger partial charge is 0.248 e. The van der Waals surface area contributed by atoms with Gasteiger partial charge in [-0.25, -0.2) is 0 Å². The molecule has 0 atom stereocenters. The van der Waals surface area contributed by atoms with E-state index in [1.165, 1.54) is 6.08 Å². The molecule has 26 heavy (non-hydrogen) atoms. The molecule has 0 fully saturated rings. The summed E-state index contributed by atoms with van der Waals surface area (Å²) < 4.78 is 1.74. The summed E-state index contributed by atoms with van der Waals surface area (Å²) >= 11 is 0. The SMILES string of the molecule is Cn1cc(-c2ccncc2/C=C/C(=O)Nc2ccc3cn[nH]c3c2)cn1. The topological polar surface area (TPSA) is 88.5 Å². The Morgan fingerprint density at radius 1 is 1.23 bits per heavy atom. The van der Waals surface area contributed by atoms with Crippen LogP contribution >= 0.6 is 0 Å². The van der Waals surface area contributed by atoms with Crippen LogP contribution in [-0.2, 0) is 11.8 Å². The molecule has 4 rings (SSSR count). The van der Waals surface area contributed by atoms with Crippen molar-refractivity contribution in [2.75, 3.05) is 5.32 Å². The van der Waals surface area contributed by atoms with Gasteiger partial charge in [-0.15, -0.1) is 0 Å². The molecule has 3 heterocycles. The number of aromatic amines is 1. The van der Waals surface area contributed by atoms with Gasteiger partial charge >= 0.3 is 0 Å². The molecule has 1 amide bonds. The van der Waals surface area contributed by atoms with E-state index in [4.69, 9.17) is 0 Å². The normalized spacial score (nSPS) is 11.3. The van der Waals surface area contributed by atoms with Crippen LogP contribution < -0.4 is 5.32 Å². The molecule has 0 aliphatic rings. The van der Waals surface area contributed by atoms with Gasteiger partial charge in [0.1, 0.15) is 0 Å². The summed E-state index contributed by atoms with van der Waals surface area (Å²) in [6.07, 6.45) is 12.1. The van der Waals surface area contributed by atoms with Crippen molar-refractivity contribution < 1.29 is 4.79 Å². The van der Waals surface area contributed by atoms with Crippen LogP contribution in [0.2, 0.25) is 0 Å². The van der Waals surface area contributed by atoms with E-state index in [2.05, 4.69) is 25.6 Å². The van der Waals surface area contributed by atoms with Gasteiger partial charge < -0.3 is 5.32 Å². The molecular formula is C19H16N6O.